The summed E-state index contributed by atoms with van der Waals surface area (Å²) < 4.78 is 0. The number of benzene rings is 1. The monoisotopic (exact) mass is 359 g/mol. The Labute approximate surface area is 147 Å². The molecule has 0 saturated heterocycles. The molecule has 0 aliphatic carbocycles. The molecular formula is C16H23Cl2N3O2. The summed E-state index contributed by atoms with van der Waals surface area (Å²) in [6.07, 6.45) is 1.11. The molecule has 0 fully saturated rings. The highest BCUT2D eigenvalue weighted by Crippen LogP contribution is 2.29. The van der Waals surface area contributed by atoms with E-state index >= 15 is 0 Å². The van der Waals surface area contributed by atoms with Crippen LogP contribution in [0.5, 0.6) is 0 Å². The van der Waals surface area contributed by atoms with Crippen LogP contribution in [0, 0.1) is 0 Å². The van der Waals surface area contributed by atoms with Crippen molar-refractivity contribution < 1.29 is 9.59 Å². The van der Waals surface area contributed by atoms with Gasteiger partial charge in [0.15, 0.2) is 0 Å². The van der Waals surface area contributed by atoms with Gasteiger partial charge in [0.1, 0.15) is 0 Å². The Kier molecular flexibility index (Phi) is 8.37. The van der Waals surface area contributed by atoms with E-state index in [9.17, 15) is 9.59 Å². The molecule has 0 atom stereocenters. The Bertz CT molecular complexity index is 550. The summed E-state index contributed by atoms with van der Waals surface area (Å²) in [6.45, 7) is 3.26. The molecule has 1 aromatic carbocycles. The predicted octanol–water partition coefficient (Wildman–Crippen LogP) is 2.80. The third kappa shape index (κ3) is 7.20. The Balaban J connectivity index is 2.54. The van der Waals surface area contributed by atoms with Gasteiger partial charge in [0.25, 0.3) is 0 Å². The number of hydrogen-bond acceptors (Lipinski definition) is 3. The molecule has 1 N–H and O–H groups in total. The standard InChI is InChI=1S/C16H23Cl2N3O2/c1-12(22)21(15-6-5-13(17)11-14(15)18)10-7-16(23)19-8-4-9-20(2)3/h5-6,11H,4,7-10H2,1-3H3,(H,19,23). The maximum Gasteiger partial charge on any atom is 0.223 e. The van der Waals surface area contributed by atoms with E-state index in [1.807, 2.05) is 14.1 Å². The lowest BCUT2D eigenvalue weighted by atomic mass is 10.2. The molecule has 0 heterocycles. The van der Waals surface area contributed by atoms with Crippen LogP contribution in [0.4, 0.5) is 5.69 Å². The average Bonchev–Trinajstić information content (AvgIpc) is 2.45. The summed E-state index contributed by atoms with van der Waals surface area (Å²) >= 11 is 12.0. The molecule has 0 bridgehead atoms. The normalized spacial score (nSPS) is 10.7. The van der Waals surface area contributed by atoms with E-state index in [1.54, 1.807) is 18.2 Å². The first-order chi connectivity index (χ1) is 10.8. The van der Waals surface area contributed by atoms with Gasteiger partial charge >= 0.3 is 0 Å². The van der Waals surface area contributed by atoms with Gasteiger partial charge in [0.05, 0.1) is 10.7 Å². The molecule has 128 valence electrons. The minimum atomic E-state index is -0.172. The average molecular weight is 360 g/mol. The van der Waals surface area contributed by atoms with Crippen molar-refractivity contribution in [2.24, 2.45) is 0 Å². The van der Waals surface area contributed by atoms with E-state index in [0.717, 1.165) is 13.0 Å². The van der Waals surface area contributed by atoms with Gasteiger partial charge in [-0.05, 0) is 45.3 Å². The zero-order valence-corrected chi connectivity index (χ0v) is 15.2. The molecule has 2 amide bonds. The SMILES string of the molecule is CC(=O)N(CCC(=O)NCCCN(C)C)c1ccc(Cl)cc1Cl. The van der Waals surface area contributed by atoms with Gasteiger partial charge in [-0.2, -0.15) is 0 Å². The molecule has 0 unspecified atom stereocenters. The molecule has 0 radical (unpaired) electrons. The van der Waals surface area contributed by atoms with Crippen molar-refractivity contribution >= 4 is 40.7 Å². The number of carbonyl (C=O) groups is 2. The Hall–Kier alpha value is -1.30. The molecule has 7 heteroatoms. The third-order valence-electron chi connectivity index (χ3n) is 3.25. The fraction of sp³-hybridized carbons (Fsp3) is 0.500. The summed E-state index contributed by atoms with van der Waals surface area (Å²) in [5, 5.41) is 3.74. The van der Waals surface area contributed by atoms with Crippen molar-refractivity contribution in [3.63, 3.8) is 0 Å². The summed E-state index contributed by atoms with van der Waals surface area (Å²) in [5.74, 6) is -0.255. The van der Waals surface area contributed by atoms with Crippen LogP contribution in [0.1, 0.15) is 19.8 Å². The molecule has 1 aromatic rings. The molecule has 0 aliphatic heterocycles. The maximum atomic E-state index is 11.9. The number of hydrogen-bond donors (Lipinski definition) is 1. The van der Waals surface area contributed by atoms with Crippen LogP contribution in [-0.2, 0) is 9.59 Å². The van der Waals surface area contributed by atoms with E-state index in [2.05, 4.69) is 10.2 Å². The smallest absolute Gasteiger partial charge is 0.223 e. The maximum absolute atomic E-state index is 11.9. The van der Waals surface area contributed by atoms with Crippen molar-refractivity contribution in [2.75, 3.05) is 38.6 Å². The Morgan fingerprint density at radius 3 is 2.43 bits per heavy atom. The number of amides is 2. The van der Waals surface area contributed by atoms with Gasteiger partial charge in [-0.15, -0.1) is 0 Å². The molecule has 23 heavy (non-hydrogen) atoms. The minimum Gasteiger partial charge on any atom is -0.356 e. The molecule has 0 spiro atoms. The highest BCUT2D eigenvalue weighted by atomic mass is 35.5. The second-order valence-electron chi connectivity index (χ2n) is 5.52. The summed E-state index contributed by atoms with van der Waals surface area (Å²) in [6, 6.07) is 4.93. The lowest BCUT2D eigenvalue weighted by Crippen LogP contribution is -2.34. The van der Waals surface area contributed by atoms with Crippen molar-refractivity contribution in [2.45, 2.75) is 19.8 Å². The lowest BCUT2D eigenvalue weighted by Gasteiger charge is -2.22. The summed E-state index contributed by atoms with van der Waals surface area (Å²) in [5.41, 5.74) is 0.559. The van der Waals surface area contributed by atoms with Crippen LogP contribution < -0.4 is 10.2 Å². The highest BCUT2D eigenvalue weighted by Gasteiger charge is 2.16. The molecular weight excluding hydrogens is 337 g/mol. The van der Waals surface area contributed by atoms with Crippen LogP contribution in [-0.4, -0.2) is 50.4 Å². The molecule has 0 aliphatic rings. The number of rotatable bonds is 8. The van der Waals surface area contributed by atoms with Gasteiger partial charge in [-0.25, -0.2) is 0 Å². The van der Waals surface area contributed by atoms with Crippen LogP contribution in [0.15, 0.2) is 18.2 Å². The van der Waals surface area contributed by atoms with Crippen molar-refractivity contribution in [3.05, 3.63) is 28.2 Å². The summed E-state index contributed by atoms with van der Waals surface area (Å²) in [4.78, 5) is 27.2. The lowest BCUT2D eigenvalue weighted by molar-refractivity contribution is -0.121. The first kappa shape index (κ1) is 19.7. The quantitative estimate of drug-likeness (QED) is 0.726. The van der Waals surface area contributed by atoms with Crippen molar-refractivity contribution in [1.29, 1.82) is 0 Å². The van der Waals surface area contributed by atoms with E-state index < -0.39 is 0 Å². The molecule has 5 nitrogen and oxygen atoms in total. The minimum absolute atomic E-state index is 0.0832. The number of anilines is 1. The van der Waals surface area contributed by atoms with Crippen LogP contribution in [0.25, 0.3) is 0 Å². The Morgan fingerprint density at radius 2 is 1.87 bits per heavy atom. The largest absolute Gasteiger partial charge is 0.356 e. The van der Waals surface area contributed by atoms with E-state index in [-0.39, 0.29) is 24.8 Å². The Morgan fingerprint density at radius 1 is 1.17 bits per heavy atom. The van der Waals surface area contributed by atoms with E-state index in [1.165, 1.54) is 11.8 Å². The predicted molar refractivity (Wildman–Crippen MR) is 95.3 cm³/mol. The van der Waals surface area contributed by atoms with Gasteiger partial charge in [-0.3, -0.25) is 9.59 Å². The zero-order chi connectivity index (χ0) is 17.4. The van der Waals surface area contributed by atoms with Gasteiger partial charge in [0.2, 0.25) is 11.8 Å². The van der Waals surface area contributed by atoms with E-state index in [0.29, 0.717) is 22.3 Å². The highest BCUT2D eigenvalue weighted by molar-refractivity contribution is 6.36. The number of halogens is 2. The molecule has 1 rings (SSSR count). The van der Waals surface area contributed by atoms with Gasteiger partial charge < -0.3 is 15.1 Å². The van der Waals surface area contributed by atoms with Gasteiger partial charge in [-0.1, -0.05) is 23.2 Å². The topological polar surface area (TPSA) is 52.7 Å². The second kappa shape index (κ2) is 9.75. The number of nitrogens with zero attached hydrogens (tertiary/aromatic N) is 2. The second-order valence-corrected chi connectivity index (χ2v) is 6.37. The first-order valence-corrected chi connectivity index (χ1v) is 8.21. The zero-order valence-electron chi connectivity index (χ0n) is 13.7. The molecule has 0 aromatic heterocycles. The number of nitrogens with one attached hydrogen (secondary N) is 1. The fourth-order valence-corrected chi connectivity index (χ4v) is 2.58. The molecule has 0 saturated carbocycles. The third-order valence-corrected chi connectivity index (χ3v) is 3.79. The van der Waals surface area contributed by atoms with Crippen LogP contribution >= 0.6 is 23.2 Å². The van der Waals surface area contributed by atoms with Gasteiger partial charge in [0, 0.05) is 31.5 Å². The first-order valence-electron chi connectivity index (χ1n) is 7.46. The fourth-order valence-electron chi connectivity index (χ4n) is 2.07. The van der Waals surface area contributed by atoms with E-state index in [4.69, 9.17) is 23.2 Å². The van der Waals surface area contributed by atoms with Crippen molar-refractivity contribution in [3.8, 4) is 0 Å². The summed E-state index contributed by atoms with van der Waals surface area (Å²) in [7, 11) is 3.98. The van der Waals surface area contributed by atoms with Crippen LogP contribution in [0.2, 0.25) is 10.0 Å². The van der Waals surface area contributed by atoms with Crippen LogP contribution in [0.3, 0.4) is 0 Å². The number of carbonyl (C=O) groups excluding carboxylic acids is 2. The van der Waals surface area contributed by atoms with Crippen molar-refractivity contribution in [1.82, 2.24) is 10.2 Å².